The molecule has 0 rings (SSSR count). The maximum atomic E-state index is 4.02. The molecule has 0 fully saturated rings. The number of allylic oxidation sites excluding steroid dienone is 3. The van der Waals surface area contributed by atoms with Gasteiger partial charge in [0.2, 0.25) is 0 Å². The Hall–Kier alpha value is -0.980. The third-order valence-corrected chi connectivity index (χ3v) is 3.19. The standard InChI is InChI=1S/C16H29N/c1-7-9-10-12-15(5)17(6)13-16(11-8-2)14(3)4/h8,13,15H,2-3,7,9-12H2,1,4-6H3/b16-13+. The Morgan fingerprint density at radius 2 is 2.00 bits per heavy atom. The first-order valence-electron chi connectivity index (χ1n) is 6.72. The normalized spacial score (nSPS) is 13.3. The second-order valence-corrected chi connectivity index (χ2v) is 4.94. The van der Waals surface area contributed by atoms with Crippen LogP contribution < -0.4 is 0 Å². The molecule has 1 heteroatoms. The third kappa shape index (κ3) is 7.04. The van der Waals surface area contributed by atoms with Crippen LogP contribution in [0.15, 0.2) is 36.6 Å². The monoisotopic (exact) mass is 235 g/mol. The van der Waals surface area contributed by atoms with Gasteiger partial charge in [-0.15, -0.1) is 6.58 Å². The van der Waals surface area contributed by atoms with E-state index in [1.165, 1.54) is 31.3 Å². The summed E-state index contributed by atoms with van der Waals surface area (Å²) in [5, 5.41) is 0. The van der Waals surface area contributed by atoms with Crippen LogP contribution in [0, 0.1) is 0 Å². The first kappa shape index (κ1) is 16.0. The lowest BCUT2D eigenvalue weighted by molar-refractivity contribution is 0.323. The van der Waals surface area contributed by atoms with Gasteiger partial charge in [-0.25, -0.2) is 0 Å². The Morgan fingerprint density at radius 3 is 2.47 bits per heavy atom. The Balaban J connectivity index is 4.34. The fraction of sp³-hybridized carbons (Fsp3) is 0.625. The van der Waals surface area contributed by atoms with Crippen LogP contribution in [0.2, 0.25) is 0 Å². The first-order valence-corrected chi connectivity index (χ1v) is 6.72. The second-order valence-electron chi connectivity index (χ2n) is 4.94. The fourth-order valence-electron chi connectivity index (χ4n) is 1.76. The van der Waals surface area contributed by atoms with Crippen molar-refractivity contribution < 1.29 is 0 Å². The van der Waals surface area contributed by atoms with Crippen molar-refractivity contribution >= 4 is 0 Å². The molecule has 0 aromatic heterocycles. The molecule has 0 aromatic carbocycles. The summed E-state index contributed by atoms with van der Waals surface area (Å²) < 4.78 is 0. The summed E-state index contributed by atoms with van der Waals surface area (Å²) in [5.41, 5.74) is 2.42. The Morgan fingerprint density at radius 1 is 1.35 bits per heavy atom. The molecule has 0 spiro atoms. The SMILES string of the molecule is C=CC/C(=C\N(C)C(C)CCCCC)C(=C)C. The van der Waals surface area contributed by atoms with E-state index in [-0.39, 0.29) is 0 Å². The van der Waals surface area contributed by atoms with Crippen LogP contribution in [0.3, 0.4) is 0 Å². The smallest absolute Gasteiger partial charge is 0.0253 e. The molecule has 0 aliphatic heterocycles. The van der Waals surface area contributed by atoms with Crippen molar-refractivity contribution in [3.63, 3.8) is 0 Å². The van der Waals surface area contributed by atoms with Crippen molar-refractivity contribution in [1.29, 1.82) is 0 Å². The first-order chi connectivity index (χ1) is 8.02. The van der Waals surface area contributed by atoms with Crippen molar-refractivity contribution in [2.24, 2.45) is 0 Å². The largest absolute Gasteiger partial charge is 0.377 e. The zero-order valence-electron chi connectivity index (χ0n) is 12.1. The van der Waals surface area contributed by atoms with E-state index in [1.54, 1.807) is 0 Å². The highest BCUT2D eigenvalue weighted by Gasteiger charge is 2.06. The molecule has 0 saturated heterocycles. The summed E-state index contributed by atoms with van der Waals surface area (Å²) in [6, 6.07) is 0.598. The van der Waals surface area contributed by atoms with Gasteiger partial charge >= 0.3 is 0 Å². The van der Waals surface area contributed by atoms with Gasteiger partial charge in [0.05, 0.1) is 0 Å². The van der Waals surface area contributed by atoms with Gasteiger partial charge in [0.1, 0.15) is 0 Å². The highest BCUT2D eigenvalue weighted by Crippen LogP contribution is 2.15. The van der Waals surface area contributed by atoms with Crippen LogP contribution in [0.25, 0.3) is 0 Å². The molecule has 0 aromatic rings. The molecule has 1 atom stereocenters. The van der Waals surface area contributed by atoms with Gasteiger partial charge in [-0.1, -0.05) is 44.4 Å². The predicted octanol–water partition coefficient (Wildman–Crippen LogP) is 4.92. The van der Waals surface area contributed by atoms with Crippen LogP contribution in [0.1, 0.15) is 52.9 Å². The van der Waals surface area contributed by atoms with Gasteiger partial charge in [-0.2, -0.15) is 0 Å². The van der Waals surface area contributed by atoms with Crippen molar-refractivity contribution in [2.45, 2.75) is 58.9 Å². The minimum Gasteiger partial charge on any atom is -0.377 e. The summed E-state index contributed by atoms with van der Waals surface area (Å²) in [4.78, 5) is 2.31. The van der Waals surface area contributed by atoms with Crippen molar-refractivity contribution in [3.05, 3.63) is 36.6 Å². The van der Waals surface area contributed by atoms with Crippen LogP contribution in [-0.4, -0.2) is 18.0 Å². The molecule has 0 N–H and O–H groups in total. The molecule has 0 saturated carbocycles. The van der Waals surface area contributed by atoms with E-state index >= 15 is 0 Å². The molecule has 0 aliphatic rings. The number of nitrogens with zero attached hydrogens (tertiary/aromatic N) is 1. The third-order valence-electron chi connectivity index (χ3n) is 3.19. The zero-order valence-corrected chi connectivity index (χ0v) is 12.1. The molecule has 0 heterocycles. The summed E-state index contributed by atoms with van der Waals surface area (Å²) in [6.45, 7) is 14.4. The lowest BCUT2D eigenvalue weighted by Crippen LogP contribution is -2.24. The topological polar surface area (TPSA) is 3.24 Å². The Bertz CT molecular complexity index is 263. The summed E-state index contributed by atoms with van der Waals surface area (Å²) in [6.07, 6.45) is 10.3. The lowest BCUT2D eigenvalue weighted by atomic mass is 10.1. The average Bonchev–Trinajstić information content (AvgIpc) is 2.28. The van der Waals surface area contributed by atoms with E-state index in [1.807, 2.05) is 6.08 Å². The minimum absolute atomic E-state index is 0.598. The van der Waals surface area contributed by atoms with Gasteiger partial charge in [0.15, 0.2) is 0 Å². The van der Waals surface area contributed by atoms with Gasteiger partial charge in [-0.3, -0.25) is 0 Å². The summed E-state index contributed by atoms with van der Waals surface area (Å²) >= 11 is 0. The van der Waals surface area contributed by atoms with E-state index in [0.29, 0.717) is 6.04 Å². The number of hydrogen-bond acceptors (Lipinski definition) is 1. The van der Waals surface area contributed by atoms with Crippen molar-refractivity contribution in [2.75, 3.05) is 7.05 Å². The highest BCUT2D eigenvalue weighted by atomic mass is 15.1. The van der Waals surface area contributed by atoms with E-state index in [2.05, 4.69) is 52.1 Å². The molecule has 17 heavy (non-hydrogen) atoms. The molecule has 1 nitrogen and oxygen atoms in total. The molecule has 0 aliphatic carbocycles. The molecule has 0 amide bonds. The van der Waals surface area contributed by atoms with E-state index in [9.17, 15) is 0 Å². The summed E-state index contributed by atoms with van der Waals surface area (Å²) in [7, 11) is 2.16. The molecule has 0 radical (unpaired) electrons. The number of hydrogen-bond donors (Lipinski definition) is 0. The molecular formula is C16H29N. The maximum Gasteiger partial charge on any atom is 0.0253 e. The maximum absolute atomic E-state index is 4.02. The summed E-state index contributed by atoms with van der Waals surface area (Å²) in [5.74, 6) is 0. The van der Waals surface area contributed by atoms with Gasteiger partial charge in [0, 0.05) is 19.3 Å². The van der Waals surface area contributed by atoms with E-state index in [4.69, 9.17) is 0 Å². The molecule has 1 unspecified atom stereocenters. The number of rotatable bonds is 9. The zero-order chi connectivity index (χ0) is 13.3. The van der Waals surface area contributed by atoms with Crippen LogP contribution in [0.5, 0.6) is 0 Å². The Labute approximate surface area is 108 Å². The molecule has 0 bridgehead atoms. The van der Waals surface area contributed by atoms with E-state index in [0.717, 1.165) is 12.0 Å². The van der Waals surface area contributed by atoms with Gasteiger partial charge in [0.25, 0.3) is 0 Å². The van der Waals surface area contributed by atoms with Crippen LogP contribution in [0.4, 0.5) is 0 Å². The minimum atomic E-state index is 0.598. The van der Waals surface area contributed by atoms with Crippen molar-refractivity contribution in [1.82, 2.24) is 4.90 Å². The van der Waals surface area contributed by atoms with E-state index < -0.39 is 0 Å². The lowest BCUT2D eigenvalue weighted by Gasteiger charge is -2.24. The average molecular weight is 235 g/mol. The fourth-order valence-corrected chi connectivity index (χ4v) is 1.76. The Kier molecular flexibility index (Phi) is 8.57. The molecular weight excluding hydrogens is 206 g/mol. The van der Waals surface area contributed by atoms with Crippen molar-refractivity contribution in [3.8, 4) is 0 Å². The predicted molar refractivity (Wildman–Crippen MR) is 79.1 cm³/mol. The van der Waals surface area contributed by atoms with Gasteiger partial charge < -0.3 is 4.90 Å². The second kappa shape index (κ2) is 9.09. The quantitative estimate of drug-likeness (QED) is 0.311. The number of unbranched alkanes of at least 4 members (excludes halogenated alkanes) is 2. The van der Waals surface area contributed by atoms with Crippen LogP contribution in [-0.2, 0) is 0 Å². The van der Waals surface area contributed by atoms with Crippen LogP contribution >= 0.6 is 0 Å². The highest BCUT2D eigenvalue weighted by molar-refractivity contribution is 5.27. The van der Waals surface area contributed by atoms with Gasteiger partial charge in [-0.05, 0) is 32.3 Å². The molecule has 98 valence electrons.